The van der Waals surface area contributed by atoms with Crippen LogP contribution >= 0.6 is 22.9 Å². The van der Waals surface area contributed by atoms with Crippen LogP contribution in [0.2, 0.25) is 4.47 Å². The van der Waals surface area contributed by atoms with Gasteiger partial charge in [-0.25, -0.2) is 4.98 Å². The summed E-state index contributed by atoms with van der Waals surface area (Å²) >= 11 is 7.30. The molecule has 0 aromatic carbocycles. The Morgan fingerprint density at radius 3 is 3.18 bits per heavy atom. The van der Waals surface area contributed by atoms with Gasteiger partial charge in [0.05, 0.1) is 5.69 Å². The van der Waals surface area contributed by atoms with Crippen molar-refractivity contribution in [1.82, 2.24) is 4.98 Å². The molecule has 2 nitrogen and oxygen atoms in total. The fraction of sp³-hybridized carbons (Fsp3) is 0.571. The van der Waals surface area contributed by atoms with Crippen LogP contribution in [0.1, 0.15) is 29.5 Å². The van der Waals surface area contributed by atoms with E-state index >= 15 is 0 Å². The van der Waals surface area contributed by atoms with Gasteiger partial charge in [0.2, 0.25) is 0 Å². The zero-order valence-electron chi connectivity index (χ0n) is 6.01. The highest BCUT2D eigenvalue weighted by molar-refractivity contribution is 7.15. The molecule has 60 valence electrons. The van der Waals surface area contributed by atoms with Crippen molar-refractivity contribution in [3.63, 3.8) is 0 Å². The fourth-order valence-corrected chi connectivity index (χ4v) is 2.65. The molecule has 0 aliphatic heterocycles. The Morgan fingerprint density at radius 1 is 1.64 bits per heavy atom. The number of hydrogen-bond acceptors (Lipinski definition) is 3. The third-order valence-corrected chi connectivity index (χ3v) is 3.30. The van der Waals surface area contributed by atoms with E-state index in [1.807, 2.05) is 0 Å². The van der Waals surface area contributed by atoms with Crippen molar-refractivity contribution >= 4 is 22.9 Å². The second kappa shape index (κ2) is 2.73. The maximum absolute atomic E-state index is 5.87. The molecule has 1 aliphatic rings. The van der Waals surface area contributed by atoms with Gasteiger partial charge in [0.25, 0.3) is 0 Å². The number of nitrogens with zero attached hydrogens (tertiary/aromatic N) is 1. The summed E-state index contributed by atoms with van der Waals surface area (Å²) in [6, 6.07) is 0.184. The van der Waals surface area contributed by atoms with Gasteiger partial charge in [-0.2, -0.15) is 0 Å². The first kappa shape index (κ1) is 7.53. The first-order valence-corrected chi connectivity index (χ1v) is 4.87. The summed E-state index contributed by atoms with van der Waals surface area (Å²) in [5, 5.41) is 0. The number of aryl methyl sites for hydroxylation is 1. The molecular formula is C7H9ClN2S. The van der Waals surface area contributed by atoms with Crippen molar-refractivity contribution < 1.29 is 0 Å². The van der Waals surface area contributed by atoms with Crippen LogP contribution in [0.5, 0.6) is 0 Å². The highest BCUT2D eigenvalue weighted by atomic mass is 35.5. The maximum atomic E-state index is 5.87. The van der Waals surface area contributed by atoms with Crippen LogP contribution in [-0.4, -0.2) is 4.98 Å². The third kappa shape index (κ3) is 1.28. The number of halogens is 1. The molecule has 0 saturated carbocycles. The molecule has 1 aliphatic carbocycles. The Labute approximate surface area is 74.4 Å². The van der Waals surface area contributed by atoms with E-state index in [1.54, 1.807) is 0 Å². The Morgan fingerprint density at radius 2 is 2.45 bits per heavy atom. The summed E-state index contributed by atoms with van der Waals surface area (Å²) in [4.78, 5) is 5.40. The summed E-state index contributed by atoms with van der Waals surface area (Å²) in [7, 11) is 0. The molecule has 11 heavy (non-hydrogen) atoms. The van der Waals surface area contributed by atoms with E-state index in [1.165, 1.54) is 16.2 Å². The quantitative estimate of drug-likeness (QED) is 0.678. The van der Waals surface area contributed by atoms with Gasteiger partial charge in [-0.3, -0.25) is 0 Å². The minimum absolute atomic E-state index is 0.184. The number of hydrogen-bond donors (Lipinski definition) is 1. The van der Waals surface area contributed by atoms with Crippen LogP contribution in [0.3, 0.4) is 0 Å². The molecule has 0 radical (unpaired) electrons. The summed E-state index contributed by atoms with van der Waals surface area (Å²) in [5.41, 5.74) is 7.00. The van der Waals surface area contributed by atoms with E-state index in [4.69, 9.17) is 17.3 Å². The third-order valence-electron chi connectivity index (χ3n) is 1.97. The van der Waals surface area contributed by atoms with Crippen molar-refractivity contribution in [2.24, 2.45) is 5.73 Å². The lowest BCUT2D eigenvalue weighted by atomic mass is 9.99. The van der Waals surface area contributed by atoms with Gasteiger partial charge in [0.15, 0.2) is 4.47 Å². The van der Waals surface area contributed by atoms with Gasteiger partial charge in [-0.05, 0) is 19.3 Å². The smallest absolute Gasteiger partial charge is 0.184 e. The lowest BCUT2D eigenvalue weighted by Gasteiger charge is -2.15. The second-order valence-electron chi connectivity index (χ2n) is 2.78. The van der Waals surface area contributed by atoms with Crippen molar-refractivity contribution in [2.75, 3.05) is 0 Å². The number of nitrogens with two attached hydrogens (primary N) is 1. The van der Waals surface area contributed by atoms with Gasteiger partial charge in [0.1, 0.15) is 0 Å². The molecule has 0 spiro atoms. The molecule has 1 aromatic rings. The highest BCUT2D eigenvalue weighted by Crippen LogP contribution is 2.34. The normalized spacial score (nSPS) is 23.3. The van der Waals surface area contributed by atoms with Crippen molar-refractivity contribution in [3.8, 4) is 0 Å². The van der Waals surface area contributed by atoms with E-state index in [0.29, 0.717) is 4.47 Å². The van der Waals surface area contributed by atoms with Crippen molar-refractivity contribution in [2.45, 2.75) is 25.3 Å². The van der Waals surface area contributed by atoms with Gasteiger partial charge >= 0.3 is 0 Å². The zero-order valence-corrected chi connectivity index (χ0v) is 7.58. The first-order valence-electron chi connectivity index (χ1n) is 3.68. The second-order valence-corrected chi connectivity index (χ2v) is 4.39. The molecule has 0 bridgehead atoms. The Bertz CT molecular complexity index is 271. The van der Waals surface area contributed by atoms with Crippen LogP contribution in [0.15, 0.2) is 0 Å². The maximum Gasteiger partial charge on any atom is 0.184 e. The number of thiazole rings is 1. The average Bonchev–Trinajstić information content (AvgIpc) is 2.31. The molecule has 1 aromatic heterocycles. The SMILES string of the molecule is NC1CCCc2nc(Cl)sc21. The van der Waals surface area contributed by atoms with Gasteiger partial charge < -0.3 is 5.73 Å². The van der Waals surface area contributed by atoms with Crippen LogP contribution in [0.4, 0.5) is 0 Å². The molecule has 1 unspecified atom stereocenters. The molecule has 0 amide bonds. The van der Waals surface area contributed by atoms with Crippen LogP contribution in [-0.2, 0) is 6.42 Å². The van der Waals surface area contributed by atoms with Gasteiger partial charge in [-0.1, -0.05) is 11.6 Å². The lowest BCUT2D eigenvalue weighted by molar-refractivity contribution is 0.573. The van der Waals surface area contributed by atoms with Crippen molar-refractivity contribution in [3.05, 3.63) is 15.0 Å². The summed E-state index contributed by atoms with van der Waals surface area (Å²) in [5.74, 6) is 0. The van der Waals surface area contributed by atoms with E-state index < -0.39 is 0 Å². The summed E-state index contributed by atoms with van der Waals surface area (Å²) in [6.45, 7) is 0. The van der Waals surface area contributed by atoms with Crippen LogP contribution in [0, 0.1) is 0 Å². The molecule has 2 N–H and O–H groups in total. The molecule has 0 fully saturated rings. The highest BCUT2D eigenvalue weighted by Gasteiger charge is 2.20. The van der Waals surface area contributed by atoms with Gasteiger partial charge in [0, 0.05) is 10.9 Å². The predicted octanol–water partition coefficient (Wildman–Crippen LogP) is 2.13. The van der Waals surface area contributed by atoms with E-state index in [2.05, 4.69) is 4.98 Å². The molecule has 2 rings (SSSR count). The van der Waals surface area contributed by atoms with E-state index in [9.17, 15) is 0 Å². The zero-order chi connectivity index (χ0) is 7.84. The predicted molar refractivity (Wildman–Crippen MR) is 47.0 cm³/mol. The van der Waals surface area contributed by atoms with Crippen molar-refractivity contribution in [1.29, 1.82) is 0 Å². The minimum Gasteiger partial charge on any atom is -0.323 e. The molecule has 0 saturated heterocycles. The summed E-state index contributed by atoms with van der Waals surface area (Å²) in [6.07, 6.45) is 3.27. The van der Waals surface area contributed by atoms with Crippen LogP contribution < -0.4 is 5.73 Å². The van der Waals surface area contributed by atoms with Crippen LogP contribution in [0.25, 0.3) is 0 Å². The standard InChI is InChI=1S/C7H9ClN2S/c8-7-10-5-3-1-2-4(9)6(5)11-7/h4H,1-3,9H2. The topological polar surface area (TPSA) is 38.9 Å². The average molecular weight is 189 g/mol. The minimum atomic E-state index is 0.184. The lowest BCUT2D eigenvalue weighted by Crippen LogP contribution is -2.15. The number of rotatable bonds is 0. The Hall–Kier alpha value is -0.120. The molecule has 1 heterocycles. The Kier molecular flexibility index (Phi) is 1.87. The van der Waals surface area contributed by atoms with E-state index in [-0.39, 0.29) is 6.04 Å². The van der Waals surface area contributed by atoms with Gasteiger partial charge in [-0.15, -0.1) is 11.3 Å². The first-order chi connectivity index (χ1) is 5.27. The fourth-order valence-electron chi connectivity index (χ4n) is 1.42. The molecule has 1 atom stereocenters. The summed E-state index contributed by atoms with van der Waals surface area (Å²) < 4.78 is 0.632. The monoisotopic (exact) mass is 188 g/mol. The van der Waals surface area contributed by atoms with E-state index in [0.717, 1.165) is 25.0 Å². The molecular weight excluding hydrogens is 180 g/mol. The largest absolute Gasteiger partial charge is 0.323 e. The number of fused-ring (bicyclic) bond motifs is 1. The Balaban J connectivity index is 2.43. The number of aromatic nitrogens is 1. The molecule has 4 heteroatoms.